The number of nitrogens with one attached hydrogen (secondary N) is 1. The summed E-state index contributed by atoms with van der Waals surface area (Å²) in [5.41, 5.74) is 0. The Bertz CT molecular complexity index is 227. The van der Waals surface area contributed by atoms with Crippen LogP contribution in [0.5, 0.6) is 0 Å². The summed E-state index contributed by atoms with van der Waals surface area (Å²) in [6, 6.07) is 0.372. The molecule has 4 heteroatoms. The highest BCUT2D eigenvalue weighted by molar-refractivity contribution is 7.85. The molecular weight excluding hydrogens is 234 g/mol. The number of rotatable bonds is 8. The second-order valence-electron chi connectivity index (χ2n) is 5.35. The van der Waals surface area contributed by atoms with E-state index in [1.807, 2.05) is 0 Å². The smallest absolute Gasteiger partial charge is 0.0510 e. The van der Waals surface area contributed by atoms with Crippen molar-refractivity contribution in [1.29, 1.82) is 0 Å². The van der Waals surface area contributed by atoms with Gasteiger partial charge in [-0.3, -0.25) is 4.21 Å². The van der Waals surface area contributed by atoms with Gasteiger partial charge in [0.2, 0.25) is 0 Å². The van der Waals surface area contributed by atoms with E-state index in [9.17, 15) is 4.21 Å². The van der Waals surface area contributed by atoms with E-state index in [-0.39, 0.29) is 0 Å². The SMILES string of the molecule is CCCNC(CS(=O)CC(C)C)C1CCOC1. The van der Waals surface area contributed by atoms with Crippen LogP contribution in [0.4, 0.5) is 0 Å². The van der Waals surface area contributed by atoms with Crippen LogP contribution in [0.2, 0.25) is 0 Å². The maximum Gasteiger partial charge on any atom is 0.0510 e. The van der Waals surface area contributed by atoms with Crippen LogP contribution in [-0.4, -0.2) is 41.5 Å². The second-order valence-corrected chi connectivity index (χ2v) is 6.90. The van der Waals surface area contributed by atoms with E-state index in [0.29, 0.717) is 17.9 Å². The summed E-state index contributed by atoms with van der Waals surface area (Å²) in [5.74, 6) is 2.67. The first kappa shape index (κ1) is 15.1. The molecule has 0 aromatic rings. The van der Waals surface area contributed by atoms with E-state index in [1.54, 1.807) is 0 Å². The average molecular weight is 261 g/mol. The monoisotopic (exact) mass is 261 g/mol. The Hall–Kier alpha value is 0.0700. The van der Waals surface area contributed by atoms with E-state index in [1.165, 1.54) is 0 Å². The fourth-order valence-electron chi connectivity index (χ4n) is 2.20. The first-order chi connectivity index (χ1) is 8.13. The van der Waals surface area contributed by atoms with Gasteiger partial charge < -0.3 is 10.1 Å². The van der Waals surface area contributed by atoms with Gasteiger partial charge in [-0.2, -0.15) is 0 Å². The topological polar surface area (TPSA) is 38.3 Å². The first-order valence-corrected chi connectivity index (χ1v) is 8.28. The van der Waals surface area contributed by atoms with Crippen molar-refractivity contribution in [3.05, 3.63) is 0 Å². The summed E-state index contributed by atoms with van der Waals surface area (Å²) in [7, 11) is -0.698. The molecule has 1 rings (SSSR count). The van der Waals surface area contributed by atoms with Gasteiger partial charge in [0.15, 0.2) is 0 Å². The summed E-state index contributed by atoms with van der Waals surface area (Å²) in [6.45, 7) is 9.14. The summed E-state index contributed by atoms with van der Waals surface area (Å²) in [4.78, 5) is 0. The van der Waals surface area contributed by atoms with Crippen LogP contribution in [0.3, 0.4) is 0 Å². The normalized spacial score (nSPS) is 24.1. The van der Waals surface area contributed by atoms with Crippen molar-refractivity contribution in [2.75, 3.05) is 31.3 Å². The summed E-state index contributed by atoms with van der Waals surface area (Å²) in [5, 5.41) is 3.54. The molecule has 1 N–H and O–H groups in total. The van der Waals surface area contributed by atoms with Crippen LogP contribution in [0.25, 0.3) is 0 Å². The van der Waals surface area contributed by atoms with Gasteiger partial charge in [-0.15, -0.1) is 0 Å². The molecule has 0 aromatic carbocycles. The summed E-state index contributed by atoms with van der Waals surface area (Å²) in [6.07, 6.45) is 2.24. The van der Waals surface area contributed by atoms with Crippen LogP contribution in [-0.2, 0) is 15.5 Å². The van der Waals surface area contributed by atoms with Crippen molar-refractivity contribution >= 4 is 10.8 Å². The highest BCUT2D eigenvalue weighted by Gasteiger charge is 2.26. The Kier molecular flexibility index (Phi) is 7.32. The lowest BCUT2D eigenvalue weighted by atomic mass is 10.0. The molecule has 0 radical (unpaired) electrons. The van der Waals surface area contributed by atoms with Gasteiger partial charge in [0.25, 0.3) is 0 Å². The van der Waals surface area contributed by atoms with Crippen LogP contribution >= 0.6 is 0 Å². The molecule has 0 amide bonds. The number of ether oxygens (including phenoxy) is 1. The molecule has 102 valence electrons. The molecule has 3 unspecified atom stereocenters. The van der Waals surface area contributed by atoms with Crippen LogP contribution < -0.4 is 5.32 Å². The van der Waals surface area contributed by atoms with Gasteiger partial charge in [-0.25, -0.2) is 0 Å². The van der Waals surface area contributed by atoms with Gasteiger partial charge in [0.05, 0.1) is 6.61 Å². The Morgan fingerprint density at radius 3 is 2.71 bits per heavy atom. The van der Waals surface area contributed by atoms with Crippen molar-refractivity contribution in [1.82, 2.24) is 5.32 Å². The van der Waals surface area contributed by atoms with Crippen molar-refractivity contribution < 1.29 is 8.95 Å². The zero-order chi connectivity index (χ0) is 12.7. The summed E-state index contributed by atoms with van der Waals surface area (Å²) < 4.78 is 17.5. The Labute approximate surface area is 108 Å². The lowest BCUT2D eigenvalue weighted by Gasteiger charge is -2.23. The maximum atomic E-state index is 12.0. The third kappa shape index (κ3) is 5.98. The third-order valence-corrected chi connectivity index (χ3v) is 4.84. The van der Waals surface area contributed by atoms with Crippen molar-refractivity contribution in [3.63, 3.8) is 0 Å². The summed E-state index contributed by atoms with van der Waals surface area (Å²) >= 11 is 0. The van der Waals surface area contributed by atoms with Gasteiger partial charge in [0.1, 0.15) is 0 Å². The minimum Gasteiger partial charge on any atom is -0.381 e. The van der Waals surface area contributed by atoms with E-state index in [4.69, 9.17) is 4.74 Å². The van der Waals surface area contributed by atoms with Crippen molar-refractivity contribution in [3.8, 4) is 0 Å². The molecule has 0 aliphatic carbocycles. The lowest BCUT2D eigenvalue weighted by Crippen LogP contribution is -2.41. The zero-order valence-corrected chi connectivity index (χ0v) is 12.2. The predicted octanol–water partition coefficient (Wildman–Crippen LogP) is 1.80. The van der Waals surface area contributed by atoms with E-state index < -0.39 is 10.8 Å². The lowest BCUT2D eigenvalue weighted by molar-refractivity contribution is 0.179. The van der Waals surface area contributed by atoms with Gasteiger partial charge in [-0.1, -0.05) is 20.8 Å². The van der Waals surface area contributed by atoms with Crippen LogP contribution in [0, 0.1) is 11.8 Å². The largest absolute Gasteiger partial charge is 0.381 e. The molecule has 0 bridgehead atoms. The zero-order valence-electron chi connectivity index (χ0n) is 11.4. The third-order valence-electron chi connectivity index (χ3n) is 3.08. The quantitative estimate of drug-likeness (QED) is 0.724. The van der Waals surface area contributed by atoms with Crippen molar-refractivity contribution in [2.45, 2.75) is 39.7 Å². The molecule has 3 atom stereocenters. The minimum absolute atomic E-state index is 0.372. The molecule has 17 heavy (non-hydrogen) atoms. The Morgan fingerprint density at radius 1 is 1.41 bits per heavy atom. The molecular formula is C13H27NO2S. The highest BCUT2D eigenvalue weighted by Crippen LogP contribution is 2.18. The second kappa shape index (κ2) is 8.22. The standard InChI is InChI=1S/C13H27NO2S/c1-4-6-14-13(12-5-7-16-8-12)10-17(15)9-11(2)3/h11-14H,4-10H2,1-3H3. The molecule has 1 heterocycles. The molecule has 3 nitrogen and oxygen atoms in total. The molecule has 0 spiro atoms. The molecule has 0 saturated carbocycles. The maximum absolute atomic E-state index is 12.0. The van der Waals surface area contributed by atoms with Crippen LogP contribution in [0.1, 0.15) is 33.6 Å². The molecule has 1 saturated heterocycles. The number of hydrogen-bond donors (Lipinski definition) is 1. The molecule has 1 aliphatic heterocycles. The fourth-order valence-corrected chi connectivity index (χ4v) is 3.87. The molecule has 1 fully saturated rings. The van der Waals surface area contributed by atoms with Gasteiger partial charge in [-0.05, 0) is 25.3 Å². The average Bonchev–Trinajstić information content (AvgIpc) is 2.76. The fraction of sp³-hybridized carbons (Fsp3) is 1.00. The van der Waals surface area contributed by atoms with E-state index in [0.717, 1.165) is 44.1 Å². The number of hydrogen-bond acceptors (Lipinski definition) is 3. The highest BCUT2D eigenvalue weighted by atomic mass is 32.2. The Balaban J connectivity index is 2.41. The van der Waals surface area contributed by atoms with Gasteiger partial charge in [0, 0.05) is 40.9 Å². The molecule has 0 aromatic heterocycles. The van der Waals surface area contributed by atoms with Crippen LogP contribution in [0.15, 0.2) is 0 Å². The van der Waals surface area contributed by atoms with Gasteiger partial charge >= 0.3 is 0 Å². The van der Waals surface area contributed by atoms with E-state index in [2.05, 4.69) is 26.1 Å². The van der Waals surface area contributed by atoms with E-state index >= 15 is 0 Å². The Morgan fingerprint density at radius 2 is 2.18 bits per heavy atom. The van der Waals surface area contributed by atoms with Crippen molar-refractivity contribution in [2.24, 2.45) is 11.8 Å². The first-order valence-electron chi connectivity index (χ1n) is 6.79. The molecule has 1 aliphatic rings. The predicted molar refractivity (Wildman–Crippen MR) is 73.7 cm³/mol. The minimum atomic E-state index is -0.698.